The monoisotopic (exact) mass is 285 g/mol. The van der Waals surface area contributed by atoms with Crippen LogP contribution in [-0.4, -0.2) is 13.1 Å². The molecule has 0 radical (unpaired) electrons. The van der Waals surface area contributed by atoms with Crippen LogP contribution in [0.5, 0.6) is 0 Å². The number of nitrogens with zero attached hydrogens (tertiary/aromatic N) is 1. The van der Waals surface area contributed by atoms with E-state index in [1.807, 2.05) is 19.6 Å². The van der Waals surface area contributed by atoms with Crippen LogP contribution >= 0.6 is 9.69 Å². The number of pyridine rings is 1. The number of aromatic nitrogens is 1. The van der Waals surface area contributed by atoms with Crippen LogP contribution < -0.4 is 5.19 Å². The second kappa shape index (κ2) is 5.89. The van der Waals surface area contributed by atoms with Crippen molar-refractivity contribution in [1.29, 1.82) is 0 Å². The number of hydrogen-bond acceptors (Lipinski definition) is 1. The van der Waals surface area contributed by atoms with Crippen LogP contribution in [0, 0.1) is 17.8 Å². The zero-order valence-electron chi connectivity index (χ0n) is 8.37. The average Bonchev–Trinajstić information content (AvgIpc) is 2.05. The Bertz CT molecular complexity index is 284. The maximum atomic E-state index is 13.1. The Hall–Kier alpha value is 0.140. The Morgan fingerprint density at radius 3 is 2.14 bits per heavy atom. The summed E-state index contributed by atoms with van der Waals surface area (Å²) in [5.74, 6) is -1.19. The normalized spacial score (nSPS) is 10.6. The molecule has 1 nitrogen and oxygen atoms in total. The van der Waals surface area contributed by atoms with Gasteiger partial charge in [-0.15, -0.1) is 0 Å². The third kappa shape index (κ3) is 3.71. The number of rotatable bonds is 1. The van der Waals surface area contributed by atoms with Crippen molar-refractivity contribution >= 4 is 23.0 Å². The van der Waals surface area contributed by atoms with Crippen molar-refractivity contribution in [3.05, 3.63) is 24.0 Å². The van der Waals surface area contributed by atoms with Crippen LogP contribution in [0.3, 0.4) is 0 Å². The molecule has 0 aliphatic rings. The van der Waals surface area contributed by atoms with Gasteiger partial charge in [0.2, 0.25) is 0 Å². The third-order valence-electron chi connectivity index (χ3n) is 1.55. The molecule has 1 heterocycles. The van der Waals surface area contributed by atoms with E-state index in [9.17, 15) is 8.78 Å². The molecule has 0 aliphatic carbocycles. The predicted molar refractivity (Wildman–Crippen MR) is 51.8 cm³/mol. The Morgan fingerprint density at radius 1 is 1.36 bits per heavy atom. The van der Waals surface area contributed by atoms with Crippen LogP contribution in [0.25, 0.3) is 0 Å². The zero-order chi connectivity index (χ0) is 11.4. The van der Waals surface area contributed by atoms with Gasteiger partial charge >= 0.3 is 27.0 Å². The summed E-state index contributed by atoms with van der Waals surface area (Å²) in [7, 11) is 2.82. The summed E-state index contributed by atoms with van der Waals surface area (Å²) < 4.78 is 26.1. The van der Waals surface area contributed by atoms with E-state index in [-0.39, 0.29) is 5.19 Å². The van der Waals surface area contributed by atoms with Gasteiger partial charge in [0.05, 0.1) is 0 Å². The first kappa shape index (κ1) is 14.1. The molecule has 1 aromatic rings. The molecule has 1 rings (SSSR count). The van der Waals surface area contributed by atoms with E-state index in [4.69, 9.17) is 9.69 Å². The molecular formula is C8H10ClF2NSiZn. The summed E-state index contributed by atoms with van der Waals surface area (Å²) in [5.41, 5.74) is 0. The van der Waals surface area contributed by atoms with Crippen molar-refractivity contribution in [2.45, 2.75) is 19.6 Å². The van der Waals surface area contributed by atoms with Crippen LogP contribution in [-0.2, 0) is 17.3 Å². The molecule has 0 aromatic carbocycles. The molecule has 0 bridgehead atoms. The molecule has 6 heteroatoms. The van der Waals surface area contributed by atoms with Gasteiger partial charge in [0.15, 0.2) is 0 Å². The van der Waals surface area contributed by atoms with Crippen LogP contribution in [0.1, 0.15) is 0 Å². The van der Waals surface area contributed by atoms with E-state index in [0.29, 0.717) is 0 Å². The van der Waals surface area contributed by atoms with Crippen molar-refractivity contribution < 1.29 is 26.1 Å². The minimum absolute atomic E-state index is 0.178. The Labute approximate surface area is 97.6 Å². The van der Waals surface area contributed by atoms with E-state index in [2.05, 4.69) is 11.2 Å². The first-order valence-corrected chi connectivity index (χ1v) is 11.3. The average molecular weight is 287 g/mol. The van der Waals surface area contributed by atoms with E-state index in [1.165, 1.54) is 0 Å². The molecule has 0 saturated carbocycles. The molecular weight excluding hydrogens is 277 g/mol. The van der Waals surface area contributed by atoms with Gasteiger partial charge < -0.3 is 4.98 Å². The molecule has 0 aliphatic heterocycles. The molecule has 1 aromatic heterocycles. The Morgan fingerprint density at radius 2 is 1.86 bits per heavy atom. The molecule has 0 atom stereocenters. The number of hydrogen-bond donors (Lipinski definition) is 0. The van der Waals surface area contributed by atoms with Gasteiger partial charge in [-0.05, 0) is 6.20 Å². The Kier molecular flexibility index (Phi) is 5.94. The standard InChI is InChI=1S/C8H10F2NSi.ClH.Zn/c1-12(2,3)8-6(9)4-11-5-7(8)10;;/h4H,1-3H3;1H;/q-1;;+2/p-1. The fourth-order valence-electron chi connectivity index (χ4n) is 1.06. The van der Waals surface area contributed by atoms with Gasteiger partial charge in [-0.25, -0.2) is 8.78 Å². The molecule has 14 heavy (non-hydrogen) atoms. The SMILES string of the molecule is C[Si](C)(C)c1c(F)[c-]ncc1F.[Cl][Zn+]. The first-order chi connectivity index (χ1) is 6.43. The third-order valence-corrected chi connectivity index (χ3v) is 3.51. The molecule has 0 fully saturated rings. The van der Waals surface area contributed by atoms with Gasteiger partial charge in [-0.1, -0.05) is 31.0 Å². The van der Waals surface area contributed by atoms with E-state index in [0.717, 1.165) is 23.5 Å². The second-order valence-electron chi connectivity index (χ2n) is 3.66. The van der Waals surface area contributed by atoms with Gasteiger partial charge in [0, 0.05) is 19.7 Å². The zero-order valence-corrected chi connectivity index (χ0v) is 13.1. The second-order valence-corrected chi connectivity index (χ2v) is 8.66. The molecule has 0 spiro atoms. The fourth-order valence-corrected chi connectivity index (χ4v) is 2.55. The number of halogens is 3. The van der Waals surface area contributed by atoms with Gasteiger partial charge in [0.25, 0.3) is 0 Å². The van der Waals surface area contributed by atoms with Crippen molar-refractivity contribution in [1.82, 2.24) is 4.98 Å². The quantitative estimate of drug-likeness (QED) is 0.571. The van der Waals surface area contributed by atoms with Crippen molar-refractivity contribution in [2.24, 2.45) is 0 Å². The van der Waals surface area contributed by atoms with Crippen molar-refractivity contribution in [3.8, 4) is 0 Å². The van der Waals surface area contributed by atoms with Crippen molar-refractivity contribution in [2.75, 3.05) is 0 Å². The van der Waals surface area contributed by atoms with E-state index in [1.54, 1.807) is 0 Å². The van der Waals surface area contributed by atoms with E-state index < -0.39 is 19.7 Å². The Balaban J connectivity index is 0.000000791. The van der Waals surface area contributed by atoms with E-state index >= 15 is 0 Å². The summed E-state index contributed by atoms with van der Waals surface area (Å²) >= 11 is 0.847. The molecule has 0 unspecified atom stereocenters. The summed E-state index contributed by atoms with van der Waals surface area (Å²) in [6, 6.07) is 0. The fraction of sp³-hybridized carbons (Fsp3) is 0.375. The van der Waals surface area contributed by atoms with Crippen LogP contribution in [0.4, 0.5) is 8.78 Å². The minimum atomic E-state index is -1.94. The summed E-state index contributed by atoms with van der Waals surface area (Å²) in [6.45, 7) is 5.63. The molecule has 0 N–H and O–H groups in total. The predicted octanol–water partition coefficient (Wildman–Crippen LogP) is 2.39. The summed E-state index contributed by atoms with van der Waals surface area (Å²) in [6.07, 6.45) is 3.14. The topological polar surface area (TPSA) is 12.9 Å². The van der Waals surface area contributed by atoms with Crippen LogP contribution in [0.2, 0.25) is 19.6 Å². The van der Waals surface area contributed by atoms with Crippen LogP contribution in [0.15, 0.2) is 6.20 Å². The van der Waals surface area contributed by atoms with Gasteiger partial charge in [-0.2, -0.15) is 0 Å². The first-order valence-electron chi connectivity index (χ1n) is 3.92. The molecule has 0 saturated heterocycles. The molecule has 0 amide bonds. The molecule has 74 valence electrons. The summed E-state index contributed by atoms with van der Waals surface area (Å²) in [4.78, 5) is 3.31. The van der Waals surface area contributed by atoms with Gasteiger partial charge in [-0.3, -0.25) is 0 Å². The maximum absolute atomic E-state index is 13.1. The summed E-state index contributed by atoms with van der Waals surface area (Å²) in [5, 5.41) is 0.178. The van der Waals surface area contributed by atoms with Gasteiger partial charge in [0.1, 0.15) is 0 Å². The van der Waals surface area contributed by atoms with Crippen molar-refractivity contribution in [3.63, 3.8) is 0 Å².